The molecule has 1 aromatic carbocycles. The van der Waals surface area contributed by atoms with E-state index in [0.717, 1.165) is 16.8 Å². The first-order valence-electron chi connectivity index (χ1n) is 6.12. The lowest BCUT2D eigenvalue weighted by molar-refractivity contribution is 0.320. The molecular formula is C13H19BrN2O. The minimum atomic E-state index is 0.550. The SMILES string of the molecule is NCCOc1cc(Br)cc(CN2CCCC2)c1. The molecule has 0 amide bonds. The second-order valence-corrected chi connectivity index (χ2v) is 5.33. The molecule has 2 N–H and O–H groups in total. The van der Waals surface area contributed by atoms with E-state index in [1.54, 1.807) is 0 Å². The average molecular weight is 299 g/mol. The van der Waals surface area contributed by atoms with Gasteiger partial charge in [0.1, 0.15) is 12.4 Å². The van der Waals surface area contributed by atoms with Gasteiger partial charge in [-0.2, -0.15) is 0 Å². The smallest absolute Gasteiger partial charge is 0.120 e. The molecule has 1 aliphatic rings. The monoisotopic (exact) mass is 298 g/mol. The summed E-state index contributed by atoms with van der Waals surface area (Å²) in [6.07, 6.45) is 2.65. The molecule has 0 unspecified atom stereocenters. The summed E-state index contributed by atoms with van der Waals surface area (Å²) >= 11 is 3.52. The van der Waals surface area contributed by atoms with Gasteiger partial charge in [0.15, 0.2) is 0 Å². The Morgan fingerprint density at radius 3 is 2.71 bits per heavy atom. The maximum Gasteiger partial charge on any atom is 0.120 e. The highest BCUT2D eigenvalue weighted by molar-refractivity contribution is 9.10. The maximum absolute atomic E-state index is 5.57. The number of hydrogen-bond donors (Lipinski definition) is 1. The van der Waals surface area contributed by atoms with Crippen molar-refractivity contribution in [2.75, 3.05) is 26.2 Å². The minimum absolute atomic E-state index is 0.550. The molecule has 17 heavy (non-hydrogen) atoms. The summed E-state index contributed by atoms with van der Waals surface area (Å²) in [7, 11) is 0. The second-order valence-electron chi connectivity index (χ2n) is 4.42. The third-order valence-corrected chi connectivity index (χ3v) is 3.38. The molecule has 0 aromatic heterocycles. The van der Waals surface area contributed by atoms with E-state index in [4.69, 9.17) is 10.5 Å². The first-order valence-corrected chi connectivity index (χ1v) is 6.92. The molecule has 1 fully saturated rings. The van der Waals surface area contributed by atoms with Gasteiger partial charge in [-0.05, 0) is 49.7 Å². The van der Waals surface area contributed by atoms with E-state index < -0.39 is 0 Å². The lowest BCUT2D eigenvalue weighted by Crippen LogP contribution is -2.18. The van der Waals surface area contributed by atoms with Crippen LogP contribution in [0.2, 0.25) is 0 Å². The molecule has 0 bridgehead atoms. The highest BCUT2D eigenvalue weighted by Gasteiger charge is 2.12. The molecule has 1 saturated heterocycles. The molecule has 1 heterocycles. The quantitative estimate of drug-likeness (QED) is 0.907. The fourth-order valence-corrected chi connectivity index (χ4v) is 2.69. The largest absolute Gasteiger partial charge is 0.492 e. The fraction of sp³-hybridized carbons (Fsp3) is 0.538. The van der Waals surface area contributed by atoms with Crippen LogP contribution in [0.5, 0.6) is 5.75 Å². The molecule has 3 nitrogen and oxygen atoms in total. The Morgan fingerprint density at radius 1 is 1.24 bits per heavy atom. The Hall–Kier alpha value is -0.580. The number of likely N-dealkylation sites (tertiary alicyclic amines) is 1. The summed E-state index contributed by atoms with van der Waals surface area (Å²) in [6.45, 7) is 4.56. The van der Waals surface area contributed by atoms with Crippen LogP contribution >= 0.6 is 15.9 Å². The number of benzene rings is 1. The van der Waals surface area contributed by atoms with Gasteiger partial charge in [-0.25, -0.2) is 0 Å². The van der Waals surface area contributed by atoms with Crippen molar-refractivity contribution in [1.29, 1.82) is 0 Å². The molecular weight excluding hydrogens is 280 g/mol. The van der Waals surface area contributed by atoms with Gasteiger partial charge in [0.25, 0.3) is 0 Å². The first-order chi connectivity index (χ1) is 8.28. The predicted molar refractivity (Wildman–Crippen MR) is 73.2 cm³/mol. The Balaban J connectivity index is 2.02. The molecule has 1 aliphatic heterocycles. The highest BCUT2D eigenvalue weighted by Crippen LogP contribution is 2.23. The first kappa shape index (κ1) is 12.9. The summed E-state index contributed by atoms with van der Waals surface area (Å²) in [5.74, 6) is 0.902. The van der Waals surface area contributed by atoms with Crippen molar-refractivity contribution in [2.24, 2.45) is 5.73 Å². The van der Waals surface area contributed by atoms with Gasteiger partial charge >= 0.3 is 0 Å². The van der Waals surface area contributed by atoms with Gasteiger partial charge in [-0.1, -0.05) is 15.9 Å². The second kappa shape index (κ2) is 6.38. The molecule has 0 saturated carbocycles. The fourth-order valence-electron chi connectivity index (χ4n) is 2.17. The Morgan fingerprint density at radius 2 is 2.00 bits per heavy atom. The number of ether oxygens (including phenoxy) is 1. The maximum atomic E-state index is 5.57. The van der Waals surface area contributed by atoms with Crippen molar-refractivity contribution in [3.63, 3.8) is 0 Å². The van der Waals surface area contributed by atoms with Crippen LogP contribution in [-0.2, 0) is 6.54 Å². The molecule has 0 radical (unpaired) electrons. The Kier molecular flexibility index (Phi) is 4.83. The molecule has 2 rings (SSSR count). The van der Waals surface area contributed by atoms with Gasteiger partial charge in [0.05, 0.1) is 0 Å². The topological polar surface area (TPSA) is 38.5 Å². The number of nitrogens with zero attached hydrogens (tertiary/aromatic N) is 1. The van der Waals surface area contributed by atoms with E-state index in [0.29, 0.717) is 13.2 Å². The zero-order chi connectivity index (χ0) is 12.1. The molecule has 0 spiro atoms. The van der Waals surface area contributed by atoms with Crippen LogP contribution in [-0.4, -0.2) is 31.1 Å². The number of halogens is 1. The van der Waals surface area contributed by atoms with Gasteiger partial charge < -0.3 is 10.5 Å². The summed E-state index contributed by atoms with van der Waals surface area (Å²) in [5, 5.41) is 0. The third kappa shape index (κ3) is 3.98. The van der Waals surface area contributed by atoms with Crippen molar-refractivity contribution in [2.45, 2.75) is 19.4 Å². The number of rotatable bonds is 5. The zero-order valence-electron chi connectivity index (χ0n) is 9.99. The predicted octanol–water partition coefficient (Wildman–Crippen LogP) is 2.38. The standard InChI is InChI=1S/C13H19BrN2O/c14-12-7-11(10-16-4-1-2-5-16)8-13(9-12)17-6-3-15/h7-9H,1-6,10,15H2. The van der Waals surface area contributed by atoms with Crippen molar-refractivity contribution in [3.05, 3.63) is 28.2 Å². The van der Waals surface area contributed by atoms with Crippen LogP contribution in [0.25, 0.3) is 0 Å². The average Bonchev–Trinajstić information content (AvgIpc) is 2.78. The normalized spacial score (nSPS) is 16.4. The summed E-state index contributed by atoms with van der Waals surface area (Å²) in [5.41, 5.74) is 6.74. The van der Waals surface area contributed by atoms with Crippen LogP contribution in [0.3, 0.4) is 0 Å². The summed E-state index contributed by atoms with van der Waals surface area (Å²) in [4.78, 5) is 2.48. The van der Waals surface area contributed by atoms with Gasteiger partial charge in [-0.15, -0.1) is 0 Å². The summed E-state index contributed by atoms with van der Waals surface area (Å²) in [6, 6.07) is 6.26. The van der Waals surface area contributed by atoms with Crippen LogP contribution in [0.15, 0.2) is 22.7 Å². The molecule has 94 valence electrons. The van der Waals surface area contributed by atoms with Crippen molar-refractivity contribution in [1.82, 2.24) is 4.90 Å². The van der Waals surface area contributed by atoms with E-state index in [9.17, 15) is 0 Å². The van der Waals surface area contributed by atoms with E-state index in [1.807, 2.05) is 6.07 Å². The Labute approximate surface area is 111 Å². The third-order valence-electron chi connectivity index (χ3n) is 2.92. The van der Waals surface area contributed by atoms with E-state index in [2.05, 4.69) is 33.0 Å². The highest BCUT2D eigenvalue weighted by atomic mass is 79.9. The van der Waals surface area contributed by atoms with Crippen LogP contribution in [0.1, 0.15) is 18.4 Å². The lowest BCUT2D eigenvalue weighted by Gasteiger charge is -2.15. The minimum Gasteiger partial charge on any atom is -0.492 e. The van der Waals surface area contributed by atoms with Gasteiger partial charge in [-0.3, -0.25) is 4.90 Å². The van der Waals surface area contributed by atoms with E-state index in [-0.39, 0.29) is 0 Å². The summed E-state index contributed by atoms with van der Waals surface area (Å²) < 4.78 is 6.64. The van der Waals surface area contributed by atoms with Crippen molar-refractivity contribution >= 4 is 15.9 Å². The van der Waals surface area contributed by atoms with Gasteiger partial charge in [0, 0.05) is 17.6 Å². The molecule has 4 heteroatoms. The molecule has 1 aromatic rings. The van der Waals surface area contributed by atoms with Gasteiger partial charge in [0.2, 0.25) is 0 Å². The molecule has 0 atom stereocenters. The van der Waals surface area contributed by atoms with Crippen molar-refractivity contribution in [3.8, 4) is 5.75 Å². The number of hydrogen-bond acceptors (Lipinski definition) is 3. The van der Waals surface area contributed by atoms with Crippen LogP contribution < -0.4 is 10.5 Å². The molecule has 0 aliphatic carbocycles. The lowest BCUT2D eigenvalue weighted by atomic mass is 10.2. The number of nitrogens with two attached hydrogens (primary N) is 1. The van der Waals surface area contributed by atoms with E-state index in [1.165, 1.54) is 31.5 Å². The van der Waals surface area contributed by atoms with Crippen molar-refractivity contribution < 1.29 is 4.74 Å². The zero-order valence-corrected chi connectivity index (χ0v) is 11.6. The Bertz CT molecular complexity index is 364. The van der Waals surface area contributed by atoms with Crippen LogP contribution in [0.4, 0.5) is 0 Å². The van der Waals surface area contributed by atoms with Crippen LogP contribution in [0, 0.1) is 0 Å². The van der Waals surface area contributed by atoms with E-state index >= 15 is 0 Å².